The zero-order valence-corrected chi connectivity index (χ0v) is 18.6. The molecule has 1 aromatic carbocycles. The topological polar surface area (TPSA) is 40.1 Å². The van der Waals surface area contributed by atoms with Crippen LogP contribution in [0.25, 0.3) is 0 Å². The van der Waals surface area contributed by atoms with Gasteiger partial charge in [0.15, 0.2) is 5.96 Å². The van der Waals surface area contributed by atoms with Crippen LogP contribution in [0.4, 0.5) is 8.78 Å². The maximum absolute atomic E-state index is 14.0. The molecule has 8 heteroatoms. The molecule has 2 saturated heterocycles. The van der Waals surface area contributed by atoms with Gasteiger partial charge in [-0.3, -0.25) is 9.89 Å². The largest absolute Gasteiger partial charge is 0.379 e. The summed E-state index contributed by atoms with van der Waals surface area (Å²) in [4.78, 5) is 9.17. The van der Waals surface area contributed by atoms with Crippen LogP contribution in [0, 0.1) is 17.6 Å². The van der Waals surface area contributed by atoms with E-state index in [4.69, 9.17) is 4.74 Å². The van der Waals surface area contributed by atoms with Gasteiger partial charge in [-0.1, -0.05) is 6.07 Å². The number of morpholine rings is 1. The maximum Gasteiger partial charge on any atom is 0.193 e. The molecule has 28 heavy (non-hydrogen) atoms. The molecule has 0 bridgehead atoms. The molecule has 3 aliphatic rings. The van der Waals surface area contributed by atoms with Crippen LogP contribution in [0.15, 0.2) is 23.2 Å². The van der Waals surface area contributed by atoms with Gasteiger partial charge in [-0.15, -0.1) is 24.0 Å². The number of likely N-dealkylation sites (tertiary alicyclic amines) is 1. The summed E-state index contributed by atoms with van der Waals surface area (Å²) >= 11 is 0. The van der Waals surface area contributed by atoms with E-state index >= 15 is 0 Å². The number of nitrogens with zero attached hydrogens (tertiary/aromatic N) is 3. The molecule has 1 aromatic rings. The minimum absolute atomic E-state index is 0. The normalized spacial score (nSPS) is 28.2. The van der Waals surface area contributed by atoms with Crippen molar-refractivity contribution in [3.05, 3.63) is 35.4 Å². The Hall–Kier alpha value is -1.00. The molecule has 156 valence electrons. The average molecular weight is 506 g/mol. The summed E-state index contributed by atoms with van der Waals surface area (Å²) in [7, 11) is 1.78. The third-order valence-electron chi connectivity index (χ3n) is 5.89. The maximum atomic E-state index is 14.0. The Morgan fingerprint density at radius 1 is 1.21 bits per heavy atom. The quantitative estimate of drug-likeness (QED) is 0.388. The van der Waals surface area contributed by atoms with E-state index < -0.39 is 11.6 Å². The molecule has 0 radical (unpaired) electrons. The summed E-state index contributed by atoms with van der Waals surface area (Å²) in [6, 6.07) is 4.13. The monoisotopic (exact) mass is 506 g/mol. The number of ether oxygens (including phenoxy) is 1. The van der Waals surface area contributed by atoms with E-state index in [1.54, 1.807) is 7.05 Å². The second-order valence-electron chi connectivity index (χ2n) is 7.79. The predicted molar refractivity (Wildman–Crippen MR) is 116 cm³/mol. The SMILES string of the molecule is CN=C(NC1CC1c1c(F)cccc1F)N1CCC(CN2CCOCC2)C1.I. The van der Waals surface area contributed by atoms with Gasteiger partial charge in [-0.25, -0.2) is 8.78 Å². The molecule has 2 aliphatic heterocycles. The van der Waals surface area contributed by atoms with Gasteiger partial charge in [0.25, 0.3) is 0 Å². The molecule has 0 amide bonds. The lowest BCUT2D eigenvalue weighted by molar-refractivity contribution is 0.0315. The number of hydrogen-bond acceptors (Lipinski definition) is 3. The Balaban J connectivity index is 0.00000225. The van der Waals surface area contributed by atoms with Crippen LogP contribution < -0.4 is 5.32 Å². The highest BCUT2D eigenvalue weighted by atomic mass is 127. The first kappa shape index (κ1) is 21.7. The Kier molecular flexibility index (Phi) is 7.49. The minimum atomic E-state index is -0.453. The number of rotatable bonds is 4. The lowest BCUT2D eigenvalue weighted by Crippen LogP contribution is -2.43. The smallest absolute Gasteiger partial charge is 0.193 e. The van der Waals surface area contributed by atoms with Crippen molar-refractivity contribution in [2.75, 3.05) is 53.0 Å². The Labute approximate surface area is 182 Å². The molecule has 2 heterocycles. The van der Waals surface area contributed by atoms with E-state index in [-0.39, 0.29) is 41.5 Å². The molecule has 3 unspecified atom stereocenters. The van der Waals surface area contributed by atoms with Crippen LogP contribution in [0.3, 0.4) is 0 Å². The molecular weight excluding hydrogens is 477 g/mol. The highest BCUT2D eigenvalue weighted by molar-refractivity contribution is 14.0. The van der Waals surface area contributed by atoms with E-state index in [9.17, 15) is 8.78 Å². The van der Waals surface area contributed by atoms with Crippen molar-refractivity contribution in [2.45, 2.75) is 24.8 Å². The van der Waals surface area contributed by atoms with E-state index in [1.165, 1.54) is 18.2 Å². The molecule has 5 nitrogen and oxygen atoms in total. The summed E-state index contributed by atoms with van der Waals surface area (Å²) in [5, 5.41) is 3.42. The molecule has 3 fully saturated rings. The van der Waals surface area contributed by atoms with E-state index in [0.717, 1.165) is 64.7 Å². The van der Waals surface area contributed by atoms with Gasteiger partial charge >= 0.3 is 0 Å². The van der Waals surface area contributed by atoms with Crippen LogP contribution in [0.1, 0.15) is 24.3 Å². The highest BCUT2D eigenvalue weighted by Crippen LogP contribution is 2.43. The van der Waals surface area contributed by atoms with Crippen molar-refractivity contribution in [1.29, 1.82) is 0 Å². The fourth-order valence-corrected chi connectivity index (χ4v) is 4.32. The zero-order chi connectivity index (χ0) is 18.8. The zero-order valence-electron chi connectivity index (χ0n) is 16.2. The predicted octanol–water partition coefficient (Wildman–Crippen LogP) is 2.67. The molecular formula is C20H29F2IN4O. The second kappa shape index (κ2) is 9.67. The lowest BCUT2D eigenvalue weighted by atomic mass is 10.1. The number of guanidine groups is 1. The van der Waals surface area contributed by atoms with Crippen molar-refractivity contribution in [3.63, 3.8) is 0 Å². The van der Waals surface area contributed by atoms with Gasteiger partial charge in [0.05, 0.1) is 13.2 Å². The first-order valence-corrected chi connectivity index (χ1v) is 9.88. The van der Waals surface area contributed by atoms with Gasteiger partial charge in [0, 0.05) is 57.3 Å². The van der Waals surface area contributed by atoms with Crippen molar-refractivity contribution < 1.29 is 13.5 Å². The Morgan fingerprint density at radius 3 is 2.61 bits per heavy atom. The van der Waals surface area contributed by atoms with Crippen LogP contribution >= 0.6 is 24.0 Å². The van der Waals surface area contributed by atoms with E-state index in [1.807, 2.05) is 0 Å². The third kappa shape index (κ3) is 4.94. The summed E-state index contributed by atoms with van der Waals surface area (Å²) in [6.07, 6.45) is 1.88. The van der Waals surface area contributed by atoms with Gasteiger partial charge in [-0.05, 0) is 30.9 Å². The Bertz CT molecular complexity index is 679. The van der Waals surface area contributed by atoms with Crippen molar-refractivity contribution >= 4 is 29.9 Å². The van der Waals surface area contributed by atoms with Gasteiger partial charge < -0.3 is 15.0 Å². The minimum Gasteiger partial charge on any atom is -0.379 e. The summed E-state index contributed by atoms with van der Waals surface area (Å²) < 4.78 is 33.4. The molecule has 1 saturated carbocycles. The fourth-order valence-electron chi connectivity index (χ4n) is 4.32. The molecule has 1 N–H and O–H groups in total. The molecule has 0 aromatic heterocycles. The van der Waals surface area contributed by atoms with Crippen LogP contribution in [-0.4, -0.2) is 74.8 Å². The van der Waals surface area contributed by atoms with Gasteiger partial charge in [-0.2, -0.15) is 0 Å². The third-order valence-corrected chi connectivity index (χ3v) is 5.89. The number of halogens is 3. The number of hydrogen-bond donors (Lipinski definition) is 1. The van der Waals surface area contributed by atoms with Crippen molar-refractivity contribution in [2.24, 2.45) is 10.9 Å². The van der Waals surface area contributed by atoms with Crippen LogP contribution in [0.2, 0.25) is 0 Å². The molecule has 1 aliphatic carbocycles. The summed E-state index contributed by atoms with van der Waals surface area (Å²) in [5.41, 5.74) is 0.206. The fraction of sp³-hybridized carbons (Fsp3) is 0.650. The summed E-state index contributed by atoms with van der Waals surface area (Å²) in [6.45, 7) is 6.74. The van der Waals surface area contributed by atoms with Crippen LogP contribution in [-0.2, 0) is 4.74 Å². The van der Waals surface area contributed by atoms with E-state index in [2.05, 4.69) is 20.1 Å². The second-order valence-corrected chi connectivity index (χ2v) is 7.79. The highest BCUT2D eigenvalue weighted by Gasteiger charge is 2.43. The number of nitrogens with one attached hydrogen (secondary N) is 1. The van der Waals surface area contributed by atoms with E-state index in [0.29, 0.717) is 5.92 Å². The first-order valence-electron chi connectivity index (χ1n) is 9.88. The van der Waals surface area contributed by atoms with Crippen molar-refractivity contribution in [1.82, 2.24) is 15.1 Å². The van der Waals surface area contributed by atoms with Gasteiger partial charge in [0.1, 0.15) is 11.6 Å². The summed E-state index contributed by atoms with van der Waals surface area (Å²) in [5.74, 6) is 0.455. The molecule has 4 rings (SSSR count). The van der Waals surface area contributed by atoms with Crippen molar-refractivity contribution in [3.8, 4) is 0 Å². The average Bonchev–Trinajstić information content (AvgIpc) is 3.26. The molecule has 0 spiro atoms. The lowest BCUT2D eigenvalue weighted by Gasteiger charge is -2.29. The number of benzene rings is 1. The number of aliphatic imine (C=N–C) groups is 1. The van der Waals surface area contributed by atoms with Crippen LogP contribution in [0.5, 0.6) is 0 Å². The molecule has 3 atom stereocenters. The van der Waals surface area contributed by atoms with Gasteiger partial charge in [0.2, 0.25) is 0 Å². The Morgan fingerprint density at radius 2 is 1.93 bits per heavy atom. The first-order chi connectivity index (χ1) is 13.2. The standard InChI is InChI=1S/C20H28F2N4O.HI/c1-23-20(24-18-11-15(18)19-16(21)3-2-4-17(19)22)26-6-5-14(13-26)12-25-7-9-27-10-8-25;/h2-4,14-15,18H,5-13H2,1H3,(H,23,24);1H.